The second-order valence-electron chi connectivity index (χ2n) is 7.83. The van der Waals surface area contributed by atoms with E-state index in [-0.39, 0.29) is 17.5 Å². The monoisotopic (exact) mass is 488 g/mol. The molecule has 3 heterocycles. The van der Waals surface area contributed by atoms with Crippen LogP contribution in [0.2, 0.25) is 0 Å². The van der Waals surface area contributed by atoms with Crippen molar-refractivity contribution in [3.05, 3.63) is 101 Å². The topological polar surface area (TPSA) is 114 Å². The van der Waals surface area contributed by atoms with Gasteiger partial charge < -0.3 is 24.5 Å². The van der Waals surface area contributed by atoms with Gasteiger partial charge in [-0.1, -0.05) is 18.2 Å². The number of nitrogens with one attached hydrogen (secondary N) is 1. The predicted octanol–water partition coefficient (Wildman–Crippen LogP) is 5.14. The van der Waals surface area contributed by atoms with Gasteiger partial charge in [0.15, 0.2) is 5.11 Å². The first-order valence-corrected chi connectivity index (χ1v) is 11.1. The second-order valence-corrected chi connectivity index (χ2v) is 8.22. The summed E-state index contributed by atoms with van der Waals surface area (Å²) in [6.07, 6.45) is 1.70. The fraction of sp³-hybridized carbons (Fsp3) is 0.120. The van der Waals surface area contributed by atoms with E-state index in [9.17, 15) is 15.2 Å². The molecule has 0 amide bonds. The molecular formula is C25H20N4O5S. The Bertz CT molecular complexity index is 1410. The third-order valence-electron chi connectivity index (χ3n) is 5.82. The number of pyridine rings is 1. The summed E-state index contributed by atoms with van der Waals surface area (Å²) in [5.74, 6) is 1.43. The molecule has 2 aromatic heterocycles. The van der Waals surface area contributed by atoms with Crippen molar-refractivity contribution in [3.63, 3.8) is 0 Å². The van der Waals surface area contributed by atoms with Crippen LogP contribution in [0.1, 0.15) is 23.5 Å². The van der Waals surface area contributed by atoms with Crippen LogP contribution >= 0.6 is 12.2 Å². The highest BCUT2D eigenvalue weighted by Crippen LogP contribution is 2.45. The van der Waals surface area contributed by atoms with Gasteiger partial charge in [-0.25, -0.2) is 0 Å². The van der Waals surface area contributed by atoms with E-state index in [0.717, 1.165) is 5.69 Å². The van der Waals surface area contributed by atoms with Crippen molar-refractivity contribution in [1.82, 2.24) is 10.3 Å². The number of phenolic OH excluding ortho intramolecular Hbond substituents is 1. The number of furan rings is 1. The van der Waals surface area contributed by atoms with Crippen molar-refractivity contribution >= 4 is 28.7 Å². The summed E-state index contributed by atoms with van der Waals surface area (Å²) < 4.78 is 11.7. The van der Waals surface area contributed by atoms with Crippen LogP contribution in [0.4, 0.5) is 11.4 Å². The Morgan fingerprint density at radius 2 is 1.94 bits per heavy atom. The number of benzene rings is 2. The van der Waals surface area contributed by atoms with Gasteiger partial charge in [0, 0.05) is 12.3 Å². The lowest BCUT2D eigenvalue weighted by Crippen LogP contribution is -2.29. The molecule has 9 nitrogen and oxygen atoms in total. The Morgan fingerprint density at radius 1 is 1.14 bits per heavy atom. The van der Waals surface area contributed by atoms with Crippen molar-refractivity contribution in [2.24, 2.45) is 0 Å². The Kier molecular flexibility index (Phi) is 5.79. The van der Waals surface area contributed by atoms with E-state index in [4.69, 9.17) is 21.4 Å². The fourth-order valence-electron chi connectivity index (χ4n) is 4.22. The van der Waals surface area contributed by atoms with Gasteiger partial charge >= 0.3 is 0 Å². The van der Waals surface area contributed by atoms with Crippen molar-refractivity contribution in [2.75, 3.05) is 12.0 Å². The van der Waals surface area contributed by atoms with Gasteiger partial charge in [0.05, 0.1) is 41.1 Å². The molecule has 1 fully saturated rings. The molecule has 2 aromatic carbocycles. The average molecular weight is 489 g/mol. The number of nitro benzene ring substituents is 1. The molecule has 4 aromatic rings. The van der Waals surface area contributed by atoms with Gasteiger partial charge in [0.2, 0.25) is 0 Å². The summed E-state index contributed by atoms with van der Waals surface area (Å²) in [6, 6.07) is 19.7. The Morgan fingerprint density at radius 3 is 2.66 bits per heavy atom. The summed E-state index contributed by atoms with van der Waals surface area (Å²) in [5, 5.41) is 25.5. The van der Waals surface area contributed by atoms with Crippen LogP contribution in [-0.2, 0) is 0 Å². The molecule has 1 saturated heterocycles. The number of thiocarbonyl (C=S) groups is 1. The SMILES string of the molecule is COc1cc([N+](=O)[O-])ccc1-c1ccc([C@H]2[C@H](c3ccccn3)NC(=S)N2c2ccccc2O)o1. The highest BCUT2D eigenvalue weighted by Gasteiger charge is 2.43. The van der Waals surface area contributed by atoms with Gasteiger partial charge in [0.25, 0.3) is 5.69 Å². The summed E-state index contributed by atoms with van der Waals surface area (Å²) in [5.41, 5.74) is 1.77. The zero-order valence-electron chi connectivity index (χ0n) is 18.5. The zero-order valence-corrected chi connectivity index (χ0v) is 19.3. The lowest BCUT2D eigenvalue weighted by atomic mass is 10.0. The number of hydrogen-bond donors (Lipinski definition) is 2. The van der Waals surface area contributed by atoms with E-state index >= 15 is 0 Å². The number of ether oxygens (including phenoxy) is 1. The Labute approximate surface area is 205 Å². The molecule has 0 bridgehead atoms. The molecule has 176 valence electrons. The lowest BCUT2D eigenvalue weighted by Gasteiger charge is -2.26. The maximum atomic E-state index is 11.2. The van der Waals surface area contributed by atoms with Gasteiger partial charge in [-0.05, 0) is 54.7 Å². The number of aromatic nitrogens is 1. The van der Waals surface area contributed by atoms with E-state index in [2.05, 4.69) is 10.3 Å². The Hall–Kier alpha value is -4.44. The van der Waals surface area contributed by atoms with Crippen molar-refractivity contribution in [3.8, 4) is 22.8 Å². The number of nitrogens with zero attached hydrogens (tertiary/aromatic N) is 3. The summed E-state index contributed by atoms with van der Waals surface area (Å²) >= 11 is 5.67. The van der Waals surface area contributed by atoms with E-state index in [0.29, 0.717) is 33.6 Å². The van der Waals surface area contributed by atoms with Crippen LogP contribution in [-0.4, -0.2) is 27.2 Å². The second kappa shape index (κ2) is 9.07. The quantitative estimate of drug-likeness (QED) is 0.216. The fourth-order valence-corrected chi connectivity index (χ4v) is 4.56. The molecule has 1 aliphatic rings. The minimum Gasteiger partial charge on any atom is -0.506 e. The predicted molar refractivity (Wildman–Crippen MR) is 133 cm³/mol. The first-order chi connectivity index (χ1) is 17.0. The molecule has 0 spiro atoms. The maximum absolute atomic E-state index is 11.2. The van der Waals surface area contributed by atoms with Gasteiger partial charge in [-0.15, -0.1) is 0 Å². The molecule has 2 atom stereocenters. The normalized spacial score (nSPS) is 17.3. The van der Waals surface area contributed by atoms with Crippen LogP contribution in [0.25, 0.3) is 11.3 Å². The molecule has 0 aliphatic carbocycles. The van der Waals surface area contributed by atoms with Crippen molar-refractivity contribution in [2.45, 2.75) is 12.1 Å². The summed E-state index contributed by atoms with van der Waals surface area (Å²) in [6.45, 7) is 0. The highest BCUT2D eigenvalue weighted by atomic mass is 32.1. The minimum absolute atomic E-state index is 0.0761. The summed E-state index contributed by atoms with van der Waals surface area (Å²) in [7, 11) is 1.45. The number of para-hydroxylation sites is 2. The Balaban J connectivity index is 1.61. The molecule has 1 aliphatic heterocycles. The molecule has 10 heteroatoms. The first-order valence-electron chi connectivity index (χ1n) is 10.7. The minimum atomic E-state index is -0.479. The maximum Gasteiger partial charge on any atom is 0.273 e. The van der Waals surface area contributed by atoms with E-state index in [1.165, 1.54) is 19.2 Å². The number of anilines is 1. The molecule has 5 rings (SSSR count). The molecule has 2 N–H and O–H groups in total. The number of methoxy groups -OCH3 is 1. The van der Waals surface area contributed by atoms with Gasteiger partial charge in [-0.3, -0.25) is 15.1 Å². The van der Waals surface area contributed by atoms with Gasteiger partial charge in [-0.2, -0.15) is 0 Å². The largest absolute Gasteiger partial charge is 0.506 e. The van der Waals surface area contributed by atoms with Crippen LogP contribution in [0.5, 0.6) is 11.5 Å². The van der Waals surface area contributed by atoms with Crippen LogP contribution in [0, 0.1) is 10.1 Å². The van der Waals surface area contributed by atoms with Crippen LogP contribution < -0.4 is 15.0 Å². The van der Waals surface area contributed by atoms with E-state index in [1.54, 1.807) is 41.4 Å². The molecule has 0 saturated carbocycles. The van der Waals surface area contributed by atoms with Crippen molar-refractivity contribution < 1.29 is 19.2 Å². The van der Waals surface area contributed by atoms with Crippen LogP contribution in [0.3, 0.4) is 0 Å². The third kappa shape index (κ3) is 4.04. The van der Waals surface area contributed by atoms with Crippen molar-refractivity contribution in [1.29, 1.82) is 0 Å². The first kappa shape index (κ1) is 22.4. The number of non-ortho nitro benzene ring substituents is 1. The average Bonchev–Trinajstić information content (AvgIpc) is 3.49. The molecule has 0 radical (unpaired) electrons. The highest BCUT2D eigenvalue weighted by molar-refractivity contribution is 7.80. The summed E-state index contributed by atoms with van der Waals surface area (Å²) in [4.78, 5) is 17.0. The van der Waals surface area contributed by atoms with E-state index in [1.807, 2.05) is 30.3 Å². The number of nitro groups is 1. The standard InChI is InChI=1S/C25H20N4O5S/c1-33-22-14-15(29(31)32)9-10-16(22)20-11-12-21(34-20)24-23(17-6-4-5-13-26-17)27-25(35)28(24)18-7-2-3-8-19(18)30/h2-14,23-24,30H,1H3,(H,27,35)/t23-,24-/m0/s1. The number of hydrogen-bond acceptors (Lipinski definition) is 7. The molecule has 0 unspecified atom stereocenters. The zero-order chi connectivity index (χ0) is 24.5. The number of phenols is 1. The van der Waals surface area contributed by atoms with Crippen LogP contribution in [0.15, 0.2) is 83.4 Å². The number of rotatable bonds is 6. The van der Waals surface area contributed by atoms with Gasteiger partial charge in [0.1, 0.15) is 29.1 Å². The van der Waals surface area contributed by atoms with E-state index < -0.39 is 11.0 Å². The smallest absolute Gasteiger partial charge is 0.273 e. The lowest BCUT2D eigenvalue weighted by molar-refractivity contribution is -0.384. The third-order valence-corrected chi connectivity index (χ3v) is 6.13. The molecule has 35 heavy (non-hydrogen) atoms. The number of aromatic hydroxyl groups is 1. The molecular weight excluding hydrogens is 468 g/mol.